The number of ether oxygens (including phenoxy) is 2. The number of hydrogen-bond acceptors (Lipinski definition) is 4. The summed E-state index contributed by atoms with van der Waals surface area (Å²) in [6.07, 6.45) is 1.51. The van der Waals surface area contributed by atoms with Crippen LogP contribution in [0, 0.1) is 6.92 Å². The molecular formula is C21H22O4. The van der Waals surface area contributed by atoms with Gasteiger partial charge < -0.3 is 14.6 Å². The van der Waals surface area contributed by atoms with E-state index in [2.05, 4.69) is 6.58 Å². The van der Waals surface area contributed by atoms with Gasteiger partial charge in [0.05, 0.1) is 5.56 Å². The summed E-state index contributed by atoms with van der Waals surface area (Å²) in [4.78, 5) is 12.4. The lowest BCUT2D eigenvalue weighted by Crippen LogP contribution is -2.21. The van der Waals surface area contributed by atoms with Crippen LogP contribution in [-0.4, -0.2) is 17.9 Å². The van der Waals surface area contributed by atoms with Gasteiger partial charge in [-0.25, -0.2) is 4.79 Å². The van der Waals surface area contributed by atoms with Crippen molar-refractivity contribution in [2.45, 2.75) is 33.6 Å². The van der Waals surface area contributed by atoms with Crippen molar-refractivity contribution < 1.29 is 19.4 Å². The Kier molecular flexibility index (Phi) is 4.53. The van der Waals surface area contributed by atoms with Gasteiger partial charge in [0, 0.05) is 0 Å². The highest BCUT2D eigenvalue weighted by Crippen LogP contribution is 2.46. The number of aryl methyl sites for hydroxylation is 2. The zero-order valence-corrected chi connectivity index (χ0v) is 14.8. The van der Waals surface area contributed by atoms with Crippen molar-refractivity contribution in [2.24, 2.45) is 0 Å². The van der Waals surface area contributed by atoms with E-state index < -0.39 is 5.97 Å². The molecule has 0 unspecified atom stereocenters. The van der Waals surface area contributed by atoms with Crippen molar-refractivity contribution in [3.8, 4) is 22.6 Å². The lowest BCUT2D eigenvalue weighted by atomic mass is 9.89. The van der Waals surface area contributed by atoms with Crippen LogP contribution in [0.1, 0.15) is 47.3 Å². The van der Waals surface area contributed by atoms with Crippen molar-refractivity contribution in [3.63, 3.8) is 0 Å². The number of cyclic esters (lactones) is 1. The molecule has 1 aliphatic rings. The fourth-order valence-electron chi connectivity index (χ4n) is 3.24. The summed E-state index contributed by atoms with van der Waals surface area (Å²) in [5.74, 6) is 0.0910. The Morgan fingerprint density at radius 3 is 2.68 bits per heavy atom. The van der Waals surface area contributed by atoms with Crippen LogP contribution in [0.3, 0.4) is 0 Å². The monoisotopic (exact) mass is 338 g/mol. The summed E-state index contributed by atoms with van der Waals surface area (Å²) in [6.45, 7) is 9.80. The van der Waals surface area contributed by atoms with E-state index in [0.29, 0.717) is 23.3 Å². The summed E-state index contributed by atoms with van der Waals surface area (Å²) in [6, 6.07) is 7.60. The first-order chi connectivity index (χ1) is 11.9. The van der Waals surface area contributed by atoms with Crippen molar-refractivity contribution in [1.29, 1.82) is 0 Å². The molecule has 25 heavy (non-hydrogen) atoms. The number of aromatic hydroxyl groups is 1. The van der Waals surface area contributed by atoms with E-state index in [-0.39, 0.29) is 12.5 Å². The van der Waals surface area contributed by atoms with E-state index in [0.717, 1.165) is 34.2 Å². The summed E-state index contributed by atoms with van der Waals surface area (Å²) < 4.78 is 10.8. The third-order valence-corrected chi connectivity index (χ3v) is 4.36. The maximum absolute atomic E-state index is 12.4. The largest absolute Gasteiger partial charge is 0.507 e. The lowest BCUT2D eigenvalue weighted by Gasteiger charge is -2.24. The minimum atomic E-state index is -0.407. The molecule has 0 saturated carbocycles. The molecule has 3 rings (SSSR count). The van der Waals surface area contributed by atoms with E-state index in [1.807, 2.05) is 39.0 Å². The van der Waals surface area contributed by atoms with Gasteiger partial charge in [-0.15, -0.1) is 0 Å². The predicted molar refractivity (Wildman–Crippen MR) is 97.9 cm³/mol. The highest BCUT2D eigenvalue weighted by atomic mass is 16.7. The van der Waals surface area contributed by atoms with Crippen LogP contribution >= 0.6 is 0 Å². The van der Waals surface area contributed by atoms with Crippen molar-refractivity contribution in [1.82, 2.24) is 0 Å². The zero-order valence-electron chi connectivity index (χ0n) is 14.8. The Hall–Kier alpha value is -2.75. The van der Waals surface area contributed by atoms with Crippen LogP contribution in [0.25, 0.3) is 16.7 Å². The Balaban J connectivity index is 2.35. The fourth-order valence-corrected chi connectivity index (χ4v) is 3.24. The van der Waals surface area contributed by atoms with Crippen molar-refractivity contribution in [2.75, 3.05) is 6.79 Å². The van der Waals surface area contributed by atoms with Crippen LogP contribution in [0.4, 0.5) is 0 Å². The number of fused-ring (bicyclic) bond motifs is 1. The Bertz CT molecular complexity index is 865. The number of carbonyl (C=O) groups is 1. The van der Waals surface area contributed by atoms with Crippen molar-refractivity contribution in [3.05, 3.63) is 53.1 Å². The molecule has 1 N–H and O–H groups in total. The zero-order chi connectivity index (χ0) is 18.1. The molecular weight excluding hydrogens is 316 g/mol. The number of carbonyl (C=O) groups excluding carboxylic acids is 1. The molecule has 2 aromatic rings. The molecule has 0 atom stereocenters. The lowest BCUT2D eigenvalue weighted by molar-refractivity contribution is 0.00487. The topological polar surface area (TPSA) is 55.8 Å². The van der Waals surface area contributed by atoms with Gasteiger partial charge in [0.1, 0.15) is 17.1 Å². The molecule has 0 spiro atoms. The van der Waals surface area contributed by atoms with Gasteiger partial charge in [-0.2, -0.15) is 0 Å². The number of esters is 1. The minimum Gasteiger partial charge on any atom is -0.507 e. The third-order valence-electron chi connectivity index (χ3n) is 4.36. The summed E-state index contributed by atoms with van der Waals surface area (Å²) in [7, 11) is 0. The number of phenolic OH excluding ortho intramolecular Hbond substituents is 1. The fraction of sp³-hybridized carbons (Fsp3) is 0.286. The van der Waals surface area contributed by atoms with Crippen LogP contribution in [0.5, 0.6) is 11.5 Å². The normalized spacial score (nSPS) is 13.0. The van der Waals surface area contributed by atoms with E-state index in [4.69, 9.17) is 9.47 Å². The van der Waals surface area contributed by atoms with Crippen LogP contribution < -0.4 is 4.74 Å². The molecule has 1 aliphatic heterocycles. The number of allylic oxidation sites excluding steroid dienone is 1. The summed E-state index contributed by atoms with van der Waals surface area (Å²) in [5.41, 5.74) is 5.31. The average Bonchev–Trinajstić information content (AvgIpc) is 2.54. The molecule has 0 aromatic heterocycles. The van der Waals surface area contributed by atoms with E-state index in [1.165, 1.54) is 0 Å². The average molecular weight is 338 g/mol. The quantitative estimate of drug-likeness (QED) is 0.809. The standard InChI is InChI=1S/C21H22O4/c1-5-6-14-10-17(22)19(20-18(14)21(23)25-11-24-20)16-9-13(4)7-8-15(16)12(2)3/h7-10,22H,2,5-6,11H2,1,3-4H3. The van der Waals surface area contributed by atoms with Gasteiger partial charge >= 0.3 is 5.97 Å². The van der Waals surface area contributed by atoms with Gasteiger partial charge in [0.25, 0.3) is 0 Å². The maximum Gasteiger partial charge on any atom is 0.345 e. The molecule has 0 saturated heterocycles. The number of hydrogen-bond donors (Lipinski definition) is 1. The van der Waals surface area contributed by atoms with Gasteiger partial charge in [-0.3, -0.25) is 0 Å². The molecule has 0 amide bonds. The minimum absolute atomic E-state index is 0.102. The van der Waals surface area contributed by atoms with E-state index in [9.17, 15) is 9.90 Å². The van der Waals surface area contributed by atoms with Crippen LogP contribution in [0.15, 0.2) is 30.8 Å². The smallest absolute Gasteiger partial charge is 0.345 e. The SMILES string of the molecule is C=C(C)c1ccc(C)cc1-c1c(O)cc(CCC)c2c1OCOC2=O. The van der Waals surface area contributed by atoms with Gasteiger partial charge in [0.2, 0.25) is 6.79 Å². The maximum atomic E-state index is 12.4. The Morgan fingerprint density at radius 2 is 2.00 bits per heavy atom. The predicted octanol–water partition coefficient (Wildman–Crippen LogP) is 4.86. The molecule has 4 heteroatoms. The molecule has 2 aromatic carbocycles. The van der Waals surface area contributed by atoms with Crippen molar-refractivity contribution >= 4 is 11.5 Å². The molecule has 0 bridgehead atoms. The number of phenols is 1. The number of benzene rings is 2. The Labute approximate surface area is 147 Å². The molecule has 130 valence electrons. The van der Waals surface area contributed by atoms with Gasteiger partial charge in [-0.05, 0) is 43.0 Å². The summed E-state index contributed by atoms with van der Waals surface area (Å²) >= 11 is 0. The van der Waals surface area contributed by atoms with Gasteiger partial charge in [-0.1, -0.05) is 49.3 Å². The molecule has 1 heterocycles. The first-order valence-corrected chi connectivity index (χ1v) is 8.39. The van der Waals surface area contributed by atoms with E-state index >= 15 is 0 Å². The van der Waals surface area contributed by atoms with E-state index in [1.54, 1.807) is 6.07 Å². The highest BCUT2D eigenvalue weighted by Gasteiger charge is 2.30. The Morgan fingerprint density at radius 1 is 1.24 bits per heavy atom. The second-order valence-electron chi connectivity index (χ2n) is 6.41. The number of rotatable bonds is 4. The summed E-state index contributed by atoms with van der Waals surface area (Å²) in [5, 5.41) is 10.7. The third kappa shape index (κ3) is 3.00. The molecule has 0 radical (unpaired) electrons. The second-order valence-corrected chi connectivity index (χ2v) is 6.41. The first-order valence-electron chi connectivity index (χ1n) is 8.39. The first kappa shape index (κ1) is 17.1. The molecule has 0 fully saturated rings. The highest BCUT2D eigenvalue weighted by molar-refractivity contribution is 6.00. The molecule has 4 nitrogen and oxygen atoms in total. The van der Waals surface area contributed by atoms with Crippen LogP contribution in [-0.2, 0) is 11.2 Å². The molecule has 0 aliphatic carbocycles. The second kappa shape index (κ2) is 6.63. The van der Waals surface area contributed by atoms with Crippen LogP contribution in [0.2, 0.25) is 0 Å². The van der Waals surface area contributed by atoms with Gasteiger partial charge in [0.15, 0.2) is 0 Å².